The molecule has 8 aromatic rings. The fraction of sp³-hybridized carbons (Fsp3) is 0.290. The van der Waals surface area contributed by atoms with E-state index < -0.39 is 18.0 Å². The van der Waals surface area contributed by atoms with Gasteiger partial charge in [-0.2, -0.15) is 8.42 Å². The van der Waals surface area contributed by atoms with Gasteiger partial charge in [0, 0.05) is 53.1 Å². The van der Waals surface area contributed by atoms with Crippen LogP contribution in [0.15, 0.2) is 180 Å². The molecule has 1 fully saturated rings. The predicted octanol–water partition coefficient (Wildman–Crippen LogP) is 15.6. The number of carbonyl (C=O) groups excluding carboxylic acids is 1. The third-order valence-electron chi connectivity index (χ3n) is 10.3. The van der Waals surface area contributed by atoms with Gasteiger partial charge in [-0.05, 0) is 239 Å². The molecule has 6 heterocycles. The summed E-state index contributed by atoms with van der Waals surface area (Å²) in [7, 11) is -2.48. The number of ether oxygens (including phenoxy) is 2. The average Bonchev–Trinajstić information content (AvgIpc) is 0.905. The predicted molar refractivity (Wildman–Crippen MR) is 405 cm³/mol. The number of carbonyl (C=O) groups is 1. The maximum atomic E-state index is 11.0. The first kappa shape index (κ1) is 100. The molecule has 0 saturated carbocycles. The fourth-order valence-electron chi connectivity index (χ4n) is 7.01. The first-order valence-corrected chi connectivity index (χ1v) is 35.8. The van der Waals surface area contributed by atoms with Crippen LogP contribution < -0.4 is 51.2 Å². The monoisotopic (exact) mass is 1770 g/mol. The van der Waals surface area contributed by atoms with Gasteiger partial charge in [0.1, 0.15) is 23.0 Å². The maximum absolute atomic E-state index is 11.0. The Kier molecular flexibility index (Phi) is 65.0. The molecule has 9 rings (SSSR count). The van der Waals surface area contributed by atoms with E-state index in [1.807, 2.05) is 65.0 Å². The van der Waals surface area contributed by atoms with E-state index in [9.17, 15) is 13.2 Å². The number of hydrogen-bond donors (Lipinski definition) is 2. The largest absolute Gasteiger partial charge is 1.00 e. The molecule has 0 atom stereocenters. The minimum atomic E-state index is -3.38. The summed E-state index contributed by atoms with van der Waals surface area (Å²) in [4.78, 5) is 35.7. The van der Waals surface area contributed by atoms with Crippen molar-refractivity contribution in [1.82, 2.24) is 24.9 Å². The molecule has 1 aliphatic rings. The van der Waals surface area contributed by atoms with E-state index in [1.165, 1.54) is 40.8 Å². The van der Waals surface area contributed by atoms with Gasteiger partial charge in [-0.15, -0.1) is 58.8 Å². The van der Waals surface area contributed by atoms with E-state index >= 15 is 0 Å². The van der Waals surface area contributed by atoms with Crippen molar-refractivity contribution in [2.24, 2.45) is 10.8 Å². The number of aliphatic hydroxyl groups excluding tert-OH is 1. The zero-order valence-corrected chi connectivity index (χ0v) is 68.0. The van der Waals surface area contributed by atoms with Crippen molar-refractivity contribution >= 4 is 178 Å². The quantitative estimate of drug-likeness (QED) is 0.0140. The Morgan fingerprint density at radius 2 is 0.926 bits per heavy atom. The number of alkyl halides is 4. The molecule has 4 N–H and O–H groups in total. The summed E-state index contributed by atoms with van der Waals surface area (Å²) in [5.41, 5.74) is 35.7. The van der Waals surface area contributed by atoms with Crippen LogP contribution in [0.3, 0.4) is 0 Å². The molecule has 514 valence electrons. The van der Waals surface area contributed by atoms with Crippen LogP contribution in [-0.2, 0) is 50.1 Å². The van der Waals surface area contributed by atoms with Gasteiger partial charge in [0.25, 0.3) is 10.1 Å². The van der Waals surface area contributed by atoms with Crippen LogP contribution in [0.4, 0.5) is 0 Å². The number of azide groups is 1. The molecular weight excluding hydrogens is 1700 g/mol. The number of nitrogens with two attached hydrogens (primary N) is 1. The molecule has 0 bridgehead atoms. The van der Waals surface area contributed by atoms with Crippen molar-refractivity contribution in [3.05, 3.63) is 257 Å². The second-order valence-electron chi connectivity index (χ2n) is 17.7. The summed E-state index contributed by atoms with van der Waals surface area (Å²) in [6.45, 7) is 12.4. The molecule has 20 nitrogen and oxygen atoms in total. The number of halogens is 10. The van der Waals surface area contributed by atoms with Gasteiger partial charge in [-0.3, -0.25) is 9.09 Å². The molecule has 1 saturated heterocycles. The minimum Gasteiger partial charge on any atom is -0.870 e. The summed E-state index contributed by atoms with van der Waals surface area (Å²) in [5.74, 6) is -0.346. The maximum Gasteiger partial charge on any atom is 1.00 e. The van der Waals surface area contributed by atoms with Crippen LogP contribution in [0.2, 0.25) is 0 Å². The molecule has 1 aliphatic heterocycles. The zero-order chi connectivity index (χ0) is 68.6. The van der Waals surface area contributed by atoms with Crippen LogP contribution >= 0.6 is 146 Å². The van der Waals surface area contributed by atoms with Gasteiger partial charge >= 0.3 is 35.5 Å². The SMILES string of the molecule is C.C1CCOC1.COC(=O)c1cc(C)nc(Br)c1.Cc1cc(CN)cc(Br)n1.Cc1cc(CN=[N+]=[N-])cc(Br)n1.Cc1cc(CO)cc(Br)n1.Cc1cc(COS(C)(=O)=O)cc(Br)n1.Cl.ClCCl.ClCCl.[N-]=[N+]=[N-].[Na+].[OH-].c1ccc(P(c2ccccc2)c2ccccc2)cc1. The Morgan fingerprint density at radius 3 is 1.23 bits per heavy atom. The molecule has 5 aromatic heterocycles. The summed E-state index contributed by atoms with van der Waals surface area (Å²) < 4.78 is 39.3. The van der Waals surface area contributed by atoms with Crippen molar-refractivity contribution in [3.63, 3.8) is 0 Å². The van der Waals surface area contributed by atoms with Gasteiger partial charge < -0.3 is 36.9 Å². The number of pyridine rings is 5. The molecule has 0 amide bonds. The van der Waals surface area contributed by atoms with Gasteiger partial charge in [0.15, 0.2) is 0 Å². The van der Waals surface area contributed by atoms with Crippen LogP contribution in [-0.4, -0.2) is 87.1 Å². The third kappa shape index (κ3) is 51.4. The Labute approximate surface area is 650 Å². The van der Waals surface area contributed by atoms with E-state index in [4.69, 9.17) is 78.6 Å². The topological polar surface area (TPSA) is 327 Å². The molecule has 0 aliphatic carbocycles. The van der Waals surface area contributed by atoms with Crippen LogP contribution in [0.5, 0.6) is 0 Å². The second kappa shape index (κ2) is 61.6. The minimum absolute atomic E-state index is 0. The average molecular weight is 1780 g/mol. The van der Waals surface area contributed by atoms with E-state index in [0.717, 1.165) is 84.0 Å². The number of benzene rings is 3. The Morgan fingerprint density at radius 1 is 0.611 bits per heavy atom. The number of rotatable bonds is 11. The van der Waals surface area contributed by atoms with Crippen molar-refractivity contribution < 1.29 is 67.0 Å². The summed E-state index contributed by atoms with van der Waals surface area (Å²) in [6, 6.07) is 50.4. The number of nitrogens with zero attached hydrogens (tertiary/aromatic N) is 11. The zero-order valence-electron chi connectivity index (χ0n) is 52.5. The van der Waals surface area contributed by atoms with E-state index in [1.54, 1.807) is 30.3 Å². The second-order valence-corrected chi connectivity index (χ2v) is 27.3. The van der Waals surface area contributed by atoms with Crippen molar-refractivity contribution in [2.45, 2.75) is 81.2 Å². The molecule has 3 aromatic carbocycles. The van der Waals surface area contributed by atoms with Gasteiger partial charge in [0.05, 0.1) is 49.4 Å². The summed E-state index contributed by atoms with van der Waals surface area (Å²) >= 11 is 35.2. The van der Waals surface area contributed by atoms with Gasteiger partial charge in [0.2, 0.25) is 0 Å². The smallest absolute Gasteiger partial charge is 0.870 e. The van der Waals surface area contributed by atoms with E-state index in [0.29, 0.717) is 27.9 Å². The van der Waals surface area contributed by atoms with Crippen LogP contribution in [0, 0.1) is 34.6 Å². The van der Waals surface area contributed by atoms with E-state index in [2.05, 4.69) is 215 Å². The molecule has 95 heavy (non-hydrogen) atoms. The Balaban J connectivity index is -0.000000328. The summed E-state index contributed by atoms with van der Waals surface area (Å²) in [6.07, 6.45) is 3.58. The first-order valence-electron chi connectivity index (χ1n) is 26.5. The number of aromatic nitrogens is 5. The number of methoxy groups -OCH3 is 1. The van der Waals surface area contributed by atoms with Crippen LogP contribution in [0.1, 0.15) is 81.3 Å². The normalized spacial score (nSPS) is 10.0. The van der Waals surface area contributed by atoms with Crippen molar-refractivity contribution in [1.29, 1.82) is 0 Å². The van der Waals surface area contributed by atoms with Crippen LogP contribution in [0.25, 0.3) is 26.4 Å². The first-order chi connectivity index (χ1) is 43.3. The number of aryl methyl sites for hydroxylation is 5. The number of esters is 1. The van der Waals surface area contributed by atoms with Crippen molar-refractivity contribution in [3.8, 4) is 0 Å². The molecule has 0 spiro atoms. The molecule has 0 radical (unpaired) electrons. The molecular formula is C62H75Br5Cl5N12NaO8PS-. The van der Waals surface area contributed by atoms with E-state index in [-0.39, 0.29) is 84.7 Å². The number of hydrogen-bond acceptors (Lipinski definition) is 15. The number of aliphatic hydroxyl groups is 1. The van der Waals surface area contributed by atoms with Crippen molar-refractivity contribution in [2.75, 3.05) is 37.3 Å². The Hall–Kier alpha value is -3.47. The standard InChI is InChI=1S/C18H15P.C8H10BrNO3S.C8H8BrNO2.C7H7BrN4.C7H9BrN2.C7H8BrNO.C4H8O.2CH2Cl2.CH4.ClH.N3.Na.H2O/c1-4-10-16(11-5-1)19(17-12-6-2-7-13-17)18-14-8-3-9-15-18;1-6-3-7(4-8(9)10-6)5-13-14(2,11)12;1-5-3-6(8(11)12-2)4-7(9)10-5;1-5-2-6(4-10-12-9)3-7(8)11-5;1-5-2-6(4-9)3-7(8)10-5;1-5-2-6(4-10)3-7(8)9-5;1-2-4-5-3-1;2*2-1-3;;;1-3-2;;/h1-15H;3-4H,5H2,1-2H3;3-4H,1-2H3;2-3H,4H2,1H3;2-3H,4,9H2,1H3;2-3,10H,4H2,1H3;1-4H2;2*1H2;1H4;1H;;;1H2/q;;;;;;;;;;;-1;+1;/p-1. The molecule has 33 heteroatoms. The third-order valence-corrected chi connectivity index (χ3v) is 15.3. The fourth-order valence-corrected chi connectivity index (χ4v) is 12.5. The summed E-state index contributed by atoms with van der Waals surface area (Å²) in [5, 5.41) is 16.8. The van der Waals surface area contributed by atoms with Gasteiger partial charge in [-0.25, -0.2) is 29.7 Å². The Bertz CT molecular complexity index is 3310. The molecule has 0 unspecified atom stereocenters. The van der Waals surface area contributed by atoms with Gasteiger partial charge in [-0.1, -0.05) is 104 Å².